The lowest BCUT2D eigenvalue weighted by Crippen LogP contribution is -2.47. The maximum Gasteiger partial charge on any atom is 0.121 e. The van der Waals surface area contributed by atoms with Crippen LogP contribution in [0.1, 0.15) is 12.8 Å². The van der Waals surface area contributed by atoms with Crippen LogP contribution in [-0.2, 0) is 0 Å². The van der Waals surface area contributed by atoms with Gasteiger partial charge >= 0.3 is 0 Å². The molecule has 0 N–H and O–H groups in total. The van der Waals surface area contributed by atoms with Crippen molar-refractivity contribution in [1.29, 1.82) is 0 Å². The van der Waals surface area contributed by atoms with Crippen molar-refractivity contribution < 1.29 is 0 Å². The van der Waals surface area contributed by atoms with E-state index in [4.69, 9.17) is 46.4 Å². The van der Waals surface area contributed by atoms with Gasteiger partial charge in [0.2, 0.25) is 0 Å². The normalized spacial score (nSPS) is 29.3. The first-order chi connectivity index (χ1) is 3.97. The van der Waals surface area contributed by atoms with Crippen molar-refractivity contribution in [2.24, 2.45) is 0 Å². The lowest BCUT2D eigenvalue weighted by molar-refractivity contribution is 0.359. The van der Waals surface area contributed by atoms with Gasteiger partial charge in [0.15, 0.2) is 0 Å². The molecule has 0 heterocycles. The zero-order valence-corrected chi connectivity index (χ0v) is 7.66. The Morgan fingerprint density at radius 1 is 1.11 bits per heavy atom. The van der Waals surface area contributed by atoms with E-state index in [1.54, 1.807) is 0 Å². The van der Waals surface area contributed by atoms with Gasteiger partial charge in [0.1, 0.15) is 4.33 Å². The molecule has 1 saturated carbocycles. The molecule has 4 heteroatoms. The minimum absolute atomic E-state index is 0.328. The van der Waals surface area contributed by atoms with E-state index in [0.717, 1.165) is 0 Å². The number of alkyl halides is 4. The number of hydrogen-bond donors (Lipinski definition) is 0. The van der Waals surface area contributed by atoms with Gasteiger partial charge in [-0.25, -0.2) is 0 Å². The van der Waals surface area contributed by atoms with Crippen molar-refractivity contribution in [2.45, 2.75) is 22.0 Å². The van der Waals surface area contributed by atoms with Crippen LogP contribution in [0.2, 0.25) is 0 Å². The molecule has 1 aliphatic carbocycles. The Labute approximate surface area is 74.4 Å². The van der Waals surface area contributed by atoms with E-state index < -0.39 is 4.33 Å². The number of halogens is 4. The second-order valence-corrected chi connectivity index (χ2v) is 5.20. The molecule has 0 aromatic rings. The van der Waals surface area contributed by atoms with Gasteiger partial charge in [-0.05, 0) is 0 Å². The first-order valence-corrected chi connectivity index (χ1v) is 4.27. The smallest absolute Gasteiger partial charge is 0.121 e. The van der Waals surface area contributed by atoms with Gasteiger partial charge in [-0.3, -0.25) is 0 Å². The molecule has 1 aliphatic rings. The number of hydrogen-bond acceptors (Lipinski definition) is 0. The molecule has 0 nitrogen and oxygen atoms in total. The summed E-state index contributed by atoms with van der Waals surface area (Å²) in [5.74, 6) is 0.426. The average molecular weight is 208 g/mol. The average Bonchev–Trinajstić information content (AvgIpc) is 1.61. The molecule has 0 atom stereocenters. The fourth-order valence-electron chi connectivity index (χ4n) is 0.970. The topological polar surface area (TPSA) is 0 Å². The number of rotatable bonds is 1. The Hall–Kier alpha value is 1.16. The van der Waals surface area contributed by atoms with Crippen molar-refractivity contribution in [2.75, 3.05) is 5.88 Å². The summed E-state index contributed by atoms with van der Waals surface area (Å²) in [6.45, 7) is 0. The van der Waals surface area contributed by atoms with Crippen LogP contribution >= 0.6 is 46.4 Å². The third-order valence-corrected chi connectivity index (χ3v) is 2.97. The minimum atomic E-state index is -0.614. The van der Waals surface area contributed by atoms with Gasteiger partial charge in [0, 0.05) is 18.7 Å². The lowest BCUT2D eigenvalue weighted by Gasteiger charge is -2.44. The summed E-state index contributed by atoms with van der Waals surface area (Å²) in [7, 11) is 0. The van der Waals surface area contributed by atoms with Crippen molar-refractivity contribution in [3.8, 4) is 0 Å². The molecule has 1 fully saturated rings. The second kappa shape index (κ2) is 2.34. The standard InChI is InChI=1S/C5H6Cl4/c6-3-4(7)1-5(8,9)2-4/h1-3H2. The SMILES string of the molecule is ClCC1(Cl)CC(Cl)(Cl)C1. The molecular formula is C5H6Cl4. The fourth-order valence-corrected chi connectivity index (χ4v) is 2.91. The monoisotopic (exact) mass is 206 g/mol. The predicted octanol–water partition coefficient (Wildman–Crippen LogP) is 3.17. The summed E-state index contributed by atoms with van der Waals surface area (Å²) in [5, 5.41) is 0. The van der Waals surface area contributed by atoms with Gasteiger partial charge in [0.05, 0.1) is 4.87 Å². The Kier molecular flexibility index (Phi) is 2.14. The first kappa shape index (κ1) is 8.26. The summed E-state index contributed by atoms with van der Waals surface area (Å²) < 4.78 is -0.614. The summed E-state index contributed by atoms with van der Waals surface area (Å²) in [6, 6.07) is 0. The van der Waals surface area contributed by atoms with E-state index in [0.29, 0.717) is 18.7 Å². The minimum Gasteiger partial charge on any atom is -0.125 e. The van der Waals surface area contributed by atoms with Crippen molar-refractivity contribution >= 4 is 46.4 Å². The fraction of sp³-hybridized carbons (Fsp3) is 1.00. The molecule has 9 heavy (non-hydrogen) atoms. The Bertz CT molecular complexity index is 112. The van der Waals surface area contributed by atoms with E-state index in [2.05, 4.69) is 0 Å². The van der Waals surface area contributed by atoms with Crippen LogP contribution < -0.4 is 0 Å². The first-order valence-electron chi connectivity index (χ1n) is 2.60. The van der Waals surface area contributed by atoms with Crippen molar-refractivity contribution in [1.82, 2.24) is 0 Å². The van der Waals surface area contributed by atoms with E-state index in [-0.39, 0.29) is 4.87 Å². The molecule has 54 valence electrons. The largest absolute Gasteiger partial charge is 0.125 e. The highest BCUT2D eigenvalue weighted by Crippen LogP contribution is 2.53. The molecule has 0 unspecified atom stereocenters. The maximum absolute atomic E-state index is 5.88. The summed E-state index contributed by atoms with van der Waals surface area (Å²) in [4.78, 5) is -0.328. The van der Waals surface area contributed by atoms with Gasteiger partial charge < -0.3 is 0 Å². The molecule has 0 spiro atoms. The van der Waals surface area contributed by atoms with Crippen molar-refractivity contribution in [3.63, 3.8) is 0 Å². The maximum atomic E-state index is 5.88. The van der Waals surface area contributed by atoms with Crippen LogP contribution in [-0.4, -0.2) is 15.1 Å². The van der Waals surface area contributed by atoms with Crippen LogP contribution in [0.15, 0.2) is 0 Å². The van der Waals surface area contributed by atoms with E-state index >= 15 is 0 Å². The highest BCUT2D eigenvalue weighted by Gasteiger charge is 2.51. The molecule has 0 aliphatic heterocycles. The zero-order valence-electron chi connectivity index (χ0n) is 4.63. The molecule has 0 aromatic carbocycles. The highest BCUT2D eigenvalue weighted by atomic mass is 35.5. The van der Waals surface area contributed by atoms with Gasteiger partial charge in [0.25, 0.3) is 0 Å². The van der Waals surface area contributed by atoms with Gasteiger partial charge in [-0.15, -0.1) is 46.4 Å². The molecule has 0 radical (unpaired) electrons. The quantitative estimate of drug-likeness (QED) is 0.580. The molecule has 0 aromatic heterocycles. The van der Waals surface area contributed by atoms with Crippen LogP contribution in [0.5, 0.6) is 0 Å². The van der Waals surface area contributed by atoms with Crippen LogP contribution in [0.3, 0.4) is 0 Å². The highest BCUT2D eigenvalue weighted by molar-refractivity contribution is 6.51. The molecule has 0 saturated heterocycles. The van der Waals surface area contributed by atoms with E-state index in [1.165, 1.54) is 0 Å². The summed E-state index contributed by atoms with van der Waals surface area (Å²) in [5.41, 5.74) is 0. The molecule has 1 rings (SSSR count). The zero-order chi connectivity index (χ0) is 7.12. The Balaban J connectivity index is 2.41. The van der Waals surface area contributed by atoms with Gasteiger partial charge in [-0.2, -0.15) is 0 Å². The third kappa shape index (κ3) is 1.80. The van der Waals surface area contributed by atoms with E-state index in [9.17, 15) is 0 Å². The molecule has 0 bridgehead atoms. The predicted molar refractivity (Wildman–Crippen MR) is 43.0 cm³/mol. The van der Waals surface area contributed by atoms with Crippen molar-refractivity contribution in [3.05, 3.63) is 0 Å². The summed E-state index contributed by atoms with van der Waals surface area (Å²) >= 11 is 22.8. The Morgan fingerprint density at radius 2 is 1.56 bits per heavy atom. The van der Waals surface area contributed by atoms with E-state index in [1.807, 2.05) is 0 Å². The second-order valence-electron chi connectivity index (χ2n) is 2.49. The van der Waals surface area contributed by atoms with Crippen LogP contribution in [0.25, 0.3) is 0 Å². The van der Waals surface area contributed by atoms with Gasteiger partial charge in [-0.1, -0.05) is 0 Å². The Morgan fingerprint density at radius 3 is 1.67 bits per heavy atom. The third-order valence-electron chi connectivity index (χ3n) is 1.39. The lowest BCUT2D eigenvalue weighted by atomic mass is 9.85. The molecule has 0 amide bonds. The summed E-state index contributed by atoms with van der Waals surface area (Å²) in [6.07, 6.45) is 1.18. The van der Waals surface area contributed by atoms with Crippen LogP contribution in [0.4, 0.5) is 0 Å². The molecular weight excluding hydrogens is 202 g/mol. The van der Waals surface area contributed by atoms with Crippen LogP contribution in [0, 0.1) is 0 Å².